The fraction of sp³-hybridized carbons (Fsp3) is 0.130. The zero-order chi connectivity index (χ0) is 23.0. The van der Waals surface area contributed by atoms with E-state index in [9.17, 15) is 4.79 Å². The highest BCUT2D eigenvalue weighted by atomic mass is 35.5. The van der Waals surface area contributed by atoms with Crippen LogP contribution in [0.2, 0.25) is 20.1 Å². The first-order valence-corrected chi connectivity index (χ1v) is 11.0. The van der Waals surface area contributed by atoms with Gasteiger partial charge >= 0.3 is 0 Å². The molecule has 0 saturated carbocycles. The van der Waals surface area contributed by atoms with E-state index in [1.807, 2.05) is 12.1 Å². The van der Waals surface area contributed by atoms with Crippen molar-refractivity contribution in [2.45, 2.75) is 13.8 Å². The summed E-state index contributed by atoms with van der Waals surface area (Å²) in [5.41, 5.74) is 3.81. The van der Waals surface area contributed by atoms with Crippen molar-refractivity contribution in [2.24, 2.45) is 0 Å². The van der Waals surface area contributed by atoms with Crippen LogP contribution in [0.3, 0.4) is 0 Å². The first-order valence-electron chi connectivity index (χ1n) is 9.47. The Labute approximate surface area is 204 Å². The molecule has 4 aromatic rings. The molecule has 0 saturated heterocycles. The highest BCUT2D eigenvalue weighted by Gasteiger charge is 2.19. The van der Waals surface area contributed by atoms with Crippen molar-refractivity contribution >= 4 is 69.1 Å². The van der Waals surface area contributed by atoms with Gasteiger partial charge in [0.05, 0.1) is 10.0 Å². The van der Waals surface area contributed by atoms with Crippen LogP contribution in [-0.2, 0) is 4.79 Å². The second-order valence-corrected chi connectivity index (χ2v) is 8.64. The molecule has 1 aromatic heterocycles. The van der Waals surface area contributed by atoms with Crippen molar-refractivity contribution in [3.63, 3.8) is 0 Å². The number of fused-ring (bicyclic) bond motifs is 1. The van der Waals surface area contributed by atoms with E-state index in [1.54, 1.807) is 44.2 Å². The summed E-state index contributed by atoms with van der Waals surface area (Å²) in [6.45, 7) is 3.23. The number of hydrogen-bond acceptors (Lipinski definition) is 4. The van der Waals surface area contributed by atoms with E-state index in [4.69, 9.17) is 55.6 Å². The Hall–Kier alpha value is -2.44. The molecule has 0 unspecified atom stereocenters. The SMILES string of the molecule is Cc1c(Cl)c(C)c(Cl)c(OCC(=O)Nc2ccc3oc(-c4ccc(Cl)cc4)nc3c2)c1Cl. The average molecular weight is 510 g/mol. The lowest BCUT2D eigenvalue weighted by atomic mass is 10.1. The summed E-state index contributed by atoms with van der Waals surface area (Å²) in [6.07, 6.45) is 0. The second-order valence-electron chi connectivity index (χ2n) is 7.07. The van der Waals surface area contributed by atoms with Crippen molar-refractivity contribution in [3.8, 4) is 17.2 Å². The zero-order valence-corrected chi connectivity index (χ0v) is 20.0. The van der Waals surface area contributed by atoms with Crippen molar-refractivity contribution in [1.29, 1.82) is 0 Å². The fourth-order valence-corrected chi connectivity index (χ4v) is 4.04. The maximum absolute atomic E-state index is 12.4. The monoisotopic (exact) mass is 508 g/mol. The van der Waals surface area contributed by atoms with Gasteiger partial charge in [0.15, 0.2) is 17.9 Å². The fourth-order valence-electron chi connectivity index (χ4n) is 3.09. The maximum Gasteiger partial charge on any atom is 0.262 e. The summed E-state index contributed by atoms with van der Waals surface area (Å²) in [5, 5.41) is 4.41. The molecular weight excluding hydrogens is 494 g/mol. The van der Waals surface area contributed by atoms with Crippen molar-refractivity contribution in [1.82, 2.24) is 4.98 Å². The topological polar surface area (TPSA) is 64.4 Å². The molecule has 32 heavy (non-hydrogen) atoms. The van der Waals surface area contributed by atoms with Gasteiger partial charge in [0.1, 0.15) is 5.52 Å². The molecule has 3 aromatic carbocycles. The summed E-state index contributed by atoms with van der Waals surface area (Å²) in [6, 6.07) is 12.3. The van der Waals surface area contributed by atoms with Crippen LogP contribution in [-0.4, -0.2) is 17.5 Å². The Morgan fingerprint density at radius 3 is 2.28 bits per heavy atom. The number of benzene rings is 3. The Balaban J connectivity index is 1.48. The molecule has 5 nitrogen and oxygen atoms in total. The number of carbonyl (C=O) groups excluding carboxylic acids is 1. The lowest BCUT2D eigenvalue weighted by Gasteiger charge is -2.15. The van der Waals surface area contributed by atoms with Crippen LogP contribution in [0.1, 0.15) is 11.1 Å². The van der Waals surface area contributed by atoms with Gasteiger partial charge < -0.3 is 14.5 Å². The molecule has 9 heteroatoms. The molecule has 0 fully saturated rings. The molecule has 164 valence electrons. The number of oxazole rings is 1. The summed E-state index contributed by atoms with van der Waals surface area (Å²) < 4.78 is 11.4. The van der Waals surface area contributed by atoms with Gasteiger partial charge in [-0.1, -0.05) is 46.4 Å². The minimum atomic E-state index is -0.386. The van der Waals surface area contributed by atoms with Gasteiger partial charge in [-0.3, -0.25) is 4.79 Å². The van der Waals surface area contributed by atoms with Gasteiger partial charge in [0.25, 0.3) is 5.91 Å². The minimum absolute atomic E-state index is 0.224. The van der Waals surface area contributed by atoms with Gasteiger partial charge in [-0.25, -0.2) is 4.98 Å². The minimum Gasteiger partial charge on any atom is -0.481 e. The summed E-state index contributed by atoms with van der Waals surface area (Å²) in [5.74, 6) is 0.298. The third kappa shape index (κ3) is 4.52. The third-order valence-electron chi connectivity index (χ3n) is 4.83. The van der Waals surface area contributed by atoms with E-state index >= 15 is 0 Å². The van der Waals surface area contributed by atoms with Gasteiger partial charge in [-0.05, 0) is 67.4 Å². The van der Waals surface area contributed by atoms with E-state index in [1.165, 1.54) is 0 Å². The molecule has 0 atom stereocenters. The molecule has 1 amide bonds. The van der Waals surface area contributed by atoms with E-state index in [-0.39, 0.29) is 28.3 Å². The van der Waals surface area contributed by atoms with Crippen LogP contribution in [0.15, 0.2) is 46.9 Å². The first-order chi connectivity index (χ1) is 15.2. The average Bonchev–Trinajstić information content (AvgIpc) is 3.20. The summed E-state index contributed by atoms with van der Waals surface area (Å²) >= 11 is 24.7. The highest BCUT2D eigenvalue weighted by molar-refractivity contribution is 6.42. The Morgan fingerprint density at radius 2 is 1.62 bits per heavy atom. The number of amides is 1. The maximum atomic E-state index is 12.4. The first kappa shape index (κ1) is 22.7. The number of carbonyl (C=O) groups is 1. The Bertz CT molecular complexity index is 1300. The number of ether oxygens (including phenoxy) is 1. The lowest BCUT2D eigenvalue weighted by molar-refractivity contribution is -0.118. The van der Waals surface area contributed by atoms with E-state index in [0.29, 0.717) is 43.9 Å². The van der Waals surface area contributed by atoms with Crippen LogP contribution in [0.5, 0.6) is 5.75 Å². The molecule has 0 aliphatic carbocycles. The van der Waals surface area contributed by atoms with Gasteiger partial charge in [0, 0.05) is 21.3 Å². The predicted octanol–water partition coefficient (Wildman–Crippen LogP) is 7.74. The molecule has 4 rings (SSSR count). The Morgan fingerprint density at radius 1 is 0.969 bits per heavy atom. The molecule has 0 spiro atoms. The highest BCUT2D eigenvalue weighted by Crippen LogP contribution is 2.42. The smallest absolute Gasteiger partial charge is 0.262 e. The van der Waals surface area contributed by atoms with Crippen LogP contribution in [0.25, 0.3) is 22.6 Å². The van der Waals surface area contributed by atoms with E-state index < -0.39 is 0 Å². The van der Waals surface area contributed by atoms with E-state index in [0.717, 1.165) is 5.56 Å². The number of hydrogen-bond donors (Lipinski definition) is 1. The predicted molar refractivity (Wildman–Crippen MR) is 130 cm³/mol. The number of nitrogens with one attached hydrogen (secondary N) is 1. The number of rotatable bonds is 5. The van der Waals surface area contributed by atoms with Crippen LogP contribution in [0, 0.1) is 13.8 Å². The quantitative estimate of drug-likeness (QED) is 0.298. The molecule has 0 aliphatic rings. The van der Waals surface area contributed by atoms with Crippen molar-refractivity contribution in [2.75, 3.05) is 11.9 Å². The van der Waals surface area contributed by atoms with Crippen molar-refractivity contribution in [3.05, 3.63) is 73.7 Å². The summed E-state index contributed by atoms with van der Waals surface area (Å²) in [4.78, 5) is 16.9. The van der Waals surface area contributed by atoms with Gasteiger partial charge in [0.2, 0.25) is 5.89 Å². The van der Waals surface area contributed by atoms with E-state index in [2.05, 4.69) is 10.3 Å². The number of anilines is 1. The third-order valence-corrected chi connectivity index (χ3v) is 6.55. The van der Waals surface area contributed by atoms with Crippen LogP contribution >= 0.6 is 46.4 Å². The lowest BCUT2D eigenvalue weighted by Crippen LogP contribution is -2.20. The van der Waals surface area contributed by atoms with Crippen molar-refractivity contribution < 1.29 is 13.9 Å². The van der Waals surface area contributed by atoms with Gasteiger partial charge in [-0.2, -0.15) is 0 Å². The summed E-state index contributed by atoms with van der Waals surface area (Å²) in [7, 11) is 0. The second kappa shape index (κ2) is 9.20. The molecule has 1 heterocycles. The molecule has 1 N–H and O–H groups in total. The molecule has 0 aliphatic heterocycles. The standard InChI is InChI=1S/C23H16Cl4N2O3/c1-11-19(25)12(2)21(27)22(20(11)26)31-10-18(30)28-15-7-8-17-16(9-15)29-23(32-17)13-3-5-14(24)6-4-13/h3-9H,10H2,1-2H3,(H,28,30). The largest absolute Gasteiger partial charge is 0.481 e. The number of nitrogens with zero attached hydrogens (tertiary/aromatic N) is 1. The van der Waals surface area contributed by atoms with Crippen LogP contribution < -0.4 is 10.1 Å². The molecule has 0 bridgehead atoms. The normalized spacial score (nSPS) is 11.1. The zero-order valence-electron chi connectivity index (χ0n) is 16.9. The van der Waals surface area contributed by atoms with Gasteiger partial charge in [-0.15, -0.1) is 0 Å². The number of halogens is 4. The van der Waals surface area contributed by atoms with Crippen LogP contribution in [0.4, 0.5) is 5.69 Å². The Kier molecular flexibility index (Phi) is 6.54. The molecular formula is C23H16Cl4N2O3. The number of aromatic nitrogens is 1. The molecule has 0 radical (unpaired) electrons.